The van der Waals surface area contributed by atoms with E-state index in [9.17, 15) is 27.9 Å². The second-order valence-corrected chi connectivity index (χ2v) is 15.0. The number of carbonyl (C=O) groups excluding carboxylic acids is 3. The van der Waals surface area contributed by atoms with E-state index in [2.05, 4.69) is 10.6 Å². The molecule has 12 nitrogen and oxygen atoms in total. The highest BCUT2D eigenvalue weighted by molar-refractivity contribution is 7.91. The number of unbranched alkanes of at least 4 members (excludes halogenated alkanes) is 2. The maximum atomic E-state index is 13.7. The summed E-state index contributed by atoms with van der Waals surface area (Å²) >= 11 is 1.13. The normalized spacial score (nSPS) is 17.3. The van der Waals surface area contributed by atoms with Gasteiger partial charge in [-0.05, 0) is 61.5 Å². The average molecular weight is 686 g/mol. The molecule has 2 heterocycles. The van der Waals surface area contributed by atoms with Gasteiger partial charge in [-0.1, -0.05) is 31.5 Å². The lowest BCUT2D eigenvalue weighted by molar-refractivity contribution is -0.116. The Morgan fingerprint density at radius 2 is 1.79 bits per heavy atom. The molecule has 3 amide bonds. The second-order valence-electron chi connectivity index (χ2n) is 11.8. The molecule has 0 aliphatic carbocycles. The second kappa shape index (κ2) is 16.2. The molecule has 3 aromatic rings. The maximum absolute atomic E-state index is 13.7. The van der Waals surface area contributed by atoms with Crippen molar-refractivity contribution in [2.45, 2.75) is 62.3 Å². The number of anilines is 3. The minimum atomic E-state index is -3.73. The molecule has 0 unspecified atom stereocenters. The molecular formula is C33H43N5O7S2. The Bertz CT molecular complexity index is 1650. The van der Waals surface area contributed by atoms with Crippen molar-refractivity contribution in [2.75, 3.05) is 43.1 Å². The molecule has 0 saturated heterocycles. The number of nitrogens with one attached hydrogen (secondary N) is 2. The number of carbonyl (C=O) groups is 3. The van der Waals surface area contributed by atoms with Crippen molar-refractivity contribution in [2.24, 2.45) is 5.92 Å². The summed E-state index contributed by atoms with van der Waals surface area (Å²) in [5.41, 5.74) is 7.55. The summed E-state index contributed by atoms with van der Waals surface area (Å²) in [4.78, 5) is 40.3. The Labute approximate surface area is 279 Å². The number of amides is 3. The number of hydrogen-bond donors (Lipinski definition) is 4. The van der Waals surface area contributed by atoms with E-state index in [0.717, 1.165) is 11.3 Å². The highest BCUT2D eigenvalue weighted by Crippen LogP contribution is 2.31. The topological polar surface area (TPSA) is 171 Å². The number of sulfonamides is 1. The van der Waals surface area contributed by atoms with Crippen LogP contribution in [0.4, 0.5) is 17.1 Å². The summed E-state index contributed by atoms with van der Waals surface area (Å²) < 4.78 is 34.1. The van der Waals surface area contributed by atoms with E-state index in [1.807, 2.05) is 6.92 Å². The quantitative estimate of drug-likeness (QED) is 0.143. The van der Waals surface area contributed by atoms with Crippen LogP contribution in [0.15, 0.2) is 64.2 Å². The Morgan fingerprint density at radius 3 is 2.45 bits per heavy atom. The van der Waals surface area contributed by atoms with Crippen LogP contribution in [0.1, 0.15) is 56.3 Å². The molecule has 4 rings (SSSR count). The van der Waals surface area contributed by atoms with E-state index in [-0.39, 0.29) is 65.3 Å². The number of hydrogen-bond acceptors (Lipinski definition) is 9. The number of likely N-dealkylation sites (N-methyl/N-ethyl adjacent to an activating group) is 1. The number of ether oxygens (including phenoxy) is 1. The van der Waals surface area contributed by atoms with Crippen molar-refractivity contribution >= 4 is 56.1 Å². The largest absolute Gasteiger partial charge is 0.488 e. The van der Waals surface area contributed by atoms with Crippen molar-refractivity contribution in [3.05, 3.63) is 65.5 Å². The van der Waals surface area contributed by atoms with Gasteiger partial charge in [0.15, 0.2) is 0 Å². The van der Waals surface area contributed by atoms with Crippen molar-refractivity contribution < 1.29 is 32.6 Å². The third-order valence-corrected chi connectivity index (χ3v) is 11.3. The van der Waals surface area contributed by atoms with E-state index in [1.54, 1.807) is 71.8 Å². The van der Waals surface area contributed by atoms with Gasteiger partial charge in [-0.2, -0.15) is 4.31 Å². The highest BCUT2D eigenvalue weighted by Gasteiger charge is 2.35. The van der Waals surface area contributed by atoms with Gasteiger partial charge in [-0.3, -0.25) is 14.4 Å². The molecule has 0 radical (unpaired) electrons. The minimum Gasteiger partial charge on any atom is -0.488 e. The fraction of sp³-hybridized carbons (Fsp3) is 0.424. The van der Waals surface area contributed by atoms with E-state index >= 15 is 0 Å². The number of para-hydroxylation sites is 2. The fourth-order valence-corrected chi connectivity index (χ4v) is 7.61. The zero-order valence-electron chi connectivity index (χ0n) is 26.8. The van der Waals surface area contributed by atoms with Crippen molar-refractivity contribution in [1.82, 2.24) is 9.21 Å². The fourth-order valence-electron chi connectivity index (χ4n) is 5.23. The lowest BCUT2D eigenvalue weighted by atomic mass is 9.99. The number of benzene rings is 2. The third-order valence-electron chi connectivity index (χ3n) is 8.09. The summed E-state index contributed by atoms with van der Waals surface area (Å²) in [6.07, 6.45) is 1.78. The van der Waals surface area contributed by atoms with Gasteiger partial charge in [0, 0.05) is 38.0 Å². The number of aliphatic hydroxyl groups excluding tert-OH is 1. The first-order chi connectivity index (χ1) is 22.4. The number of nitrogens with two attached hydrogens (primary N) is 1. The van der Waals surface area contributed by atoms with Crippen LogP contribution >= 0.6 is 11.3 Å². The summed E-state index contributed by atoms with van der Waals surface area (Å²) in [6.45, 7) is 3.62. The van der Waals surface area contributed by atoms with Gasteiger partial charge in [0.2, 0.25) is 11.8 Å². The zero-order chi connectivity index (χ0) is 34.1. The van der Waals surface area contributed by atoms with Crippen molar-refractivity contribution in [1.29, 1.82) is 0 Å². The van der Waals surface area contributed by atoms with Crippen LogP contribution in [0.3, 0.4) is 0 Å². The molecule has 2 aromatic carbocycles. The third kappa shape index (κ3) is 9.31. The minimum absolute atomic E-state index is 0.0385. The Kier molecular flexibility index (Phi) is 12.4. The molecule has 47 heavy (non-hydrogen) atoms. The van der Waals surface area contributed by atoms with E-state index in [4.69, 9.17) is 10.5 Å². The van der Waals surface area contributed by atoms with Gasteiger partial charge >= 0.3 is 0 Å². The van der Waals surface area contributed by atoms with Gasteiger partial charge in [0.05, 0.1) is 36.1 Å². The SMILES string of the molecule is C[C@@H]1CN([C@H](C)CO)C(=O)c2cc(NC(=O)CCCCCC(=O)Nc3ccccc3N)ccc2O[C@@H]1CN(C)S(=O)(=O)c1cccs1. The summed E-state index contributed by atoms with van der Waals surface area (Å²) in [6, 6.07) is 14.6. The van der Waals surface area contributed by atoms with Crippen LogP contribution < -0.4 is 21.1 Å². The zero-order valence-corrected chi connectivity index (χ0v) is 28.5. The number of nitrogens with zero attached hydrogens (tertiary/aromatic N) is 2. The molecular weight excluding hydrogens is 643 g/mol. The van der Waals surface area contributed by atoms with E-state index in [1.165, 1.54) is 11.4 Å². The van der Waals surface area contributed by atoms with Crippen LogP contribution in [-0.2, 0) is 19.6 Å². The molecule has 254 valence electrons. The number of fused-ring (bicyclic) bond motifs is 1. The predicted molar refractivity (Wildman–Crippen MR) is 183 cm³/mol. The van der Waals surface area contributed by atoms with Crippen LogP contribution in [0, 0.1) is 5.92 Å². The van der Waals surface area contributed by atoms with Gasteiger partial charge in [0.1, 0.15) is 16.1 Å². The Balaban J connectivity index is 1.39. The smallest absolute Gasteiger partial charge is 0.258 e. The van der Waals surface area contributed by atoms with Gasteiger partial charge in [0.25, 0.3) is 15.9 Å². The van der Waals surface area contributed by atoms with Gasteiger partial charge in [-0.15, -0.1) is 11.3 Å². The molecule has 0 saturated carbocycles. The maximum Gasteiger partial charge on any atom is 0.258 e. The van der Waals surface area contributed by atoms with Gasteiger partial charge in [-0.25, -0.2) is 8.42 Å². The molecule has 3 atom stereocenters. The standard InChI is InChI=1S/C33H43N5O7S2/c1-22-19-38(23(2)21-39)33(42)25-18-24(15-16-28(25)45-29(22)20-37(3)47(43,44)32-14-9-17-46-32)35-30(40)12-5-4-6-13-31(41)36-27-11-8-7-10-26(27)34/h7-11,14-18,22-23,29,39H,4-6,12-13,19-21,34H2,1-3H3,(H,35,40)(H,36,41)/t22-,23-,29-/m1/s1. The predicted octanol–water partition coefficient (Wildman–Crippen LogP) is 4.40. The molecule has 5 N–H and O–H groups in total. The number of nitrogen functional groups attached to an aromatic ring is 1. The van der Waals surface area contributed by atoms with Gasteiger partial charge < -0.3 is 31.1 Å². The lowest BCUT2D eigenvalue weighted by Crippen LogP contribution is -2.50. The number of thiophene rings is 1. The summed E-state index contributed by atoms with van der Waals surface area (Å²) in [5.74, 6) is -0.755. The molecule has 0 bridgehead atoms. The average Bonchev–Trinajstić information content (AvgIpc) is 3.60. The van der Waals surface area contributed by atoms with Crippen LogP contribution in [-0.4, -0.2) is 79.3 Å². The number of rotatable bonds is 14. The Hall–Kier alpha value is -3.98. The summed E-state index contributed by atoms with van der Waals surface area (Å²) in [7, 11) is -2.23. The van der Waals surface area contributed by atoms with E-state index in [0.29, 0.717) is 42.7 Å². The molecule has 1 aliphatic heterocycles. The molecule has 1 aliphatic rings. The first-order valence-electron chi connectivity index (χ1n) is 15.6. The Morgan fingerprint density at radius 1 is 1.09 bits per heavy atom. The molecule has 0 fully saturated rings. The molecule has 0 spiro atoms. The van der Waals surface area contributed by atoms with Crippen LogP contribution in [0.5, 0.6) is 5.75 Å². The van der Waals surface area contributed by atoms with Crippen molar-refractivity contribution in [3.63, 3.8) is 0 Å². The van der Waals surface area contributed by atoms with Crippen LogP contribution in [0.2, 0.25) is 0 Å². The van der Waals surface area contributed by atoms with Crippen molar-refractivity contribution in [3.8, 4) is 5.75 Å². The molecule has 1 aromatic heterocycles. The summed E-state index contributed by atoms with van der Waals surface area (Å²) in [5, 5.41) is 17.3. The first-order valence-corrected chi connectivity index (χ1v) is 17.9. The van der Waals surface area contributed by atoms with Crippen LogP contribution in [0.25, 0.3) is 0 Å². The first kappa shape index (κ1) is 35.9. The highest BCUT2D eigenvalue weighted by atomic mass is 32.2. The monoisotopic (exact) mass is 685 g/mol. The molecule has 14 heteroatoms. The van der Waals surface area contributed by atoms with E-state index < -0.39 is 22.2 Å². The number of aliphatic hydroxyl groups is 1. The lowest BCUT2D eigenvalue weighted by Gasteiger charge is -2.38.